The van der Waals surface area contributed by atoms with Crippen LogP contribution >= 0.6 is 0 Å². The fourth-order valence-electron chi connectivity index (χ4n) is 2.34. The van der Waals surface area contributed by atoms with Crippen molar-refractivity contribution in [1.29, 1.82) is 0 Å². The Balaban J connectivity index is 2.07. The zero-order chi connectivity index (χ0) is 12.5. The molecule has 5 heteroatoms. The number of aromatic carboxylic acids is 1. The Morgan fingerprint density at radius 2 is 2.11 bits per heavy atom. The lowest BCUT2D eigenvalue weighted by molar-refractivity contribution is 0.0690. The fraction of sp³-hybridized carbons (Fsp3) is 0.308. The van der Waals surface area contributed by atoms with Crippen molar-refractivity contribution in [2.24, 2.45) is 0 Å². The van der Waals surface area contributed by atoms with Crippen molar-refractivity contribution < 1.29 is 9.90 Å². The van der Waals surface area contributed by atoms with Crippen molar-refractivity contribution in [1.82, 2.24) is 14.5 Å². The van der Waals surface area contributed by atoms with Crippen LogP contribution in [0.15, 0.2) is 24.5 Å². The molecule has 1 N–H and O–H groups in total. The SMILES string of the molecule is O=C(O)c1cccc(-n2cnc3c2CCCC3)n1. The lowest BCUT2D eigenvalue weighted by Crippen LogP contribution is -2.09. The molecule has 0 fully saturated rings. The molecule has 2 heterocycles. The maximum Gasteiger partial charge on any atom is 0.354 e. The van der Waals surface area contributed by atoms with Gasteiger partial charge in [0.1, 0.15) is 12.1 Å². The van der Waals surface area contributed by atoms with Crippen LogP contribution in [0.4, 0.5) is 0 Å². The Labute approximate surface area is 104 Å². The van der Waals surface area contributed by atoms with Gasteiger partial charge in [-0.3, -0.25) is 4.57 Å². The summed E-state index contributed by atoms with van der Waals surface area (Å²) < 4.78 is 1.90. The van der Waals surface area contributed by atoms with Crippen LogP contribution in [0.5, 0.6) is 0 Å². The highest BCUT2D eigenvalue weighted by atomic mass is 16.4. The molecule has 92 valence electrons. The van der Waals surface area contributed by atoms with Gasteiger partial charge in [0.05, 0.1) is 5.69 Å². The molecule has 0 spiro atoms. The summed E-state index contributed by atoms with van der Waals surface area (Å²) in [5.74, 6) is -0.378. The Morgan fingerprint density at radius 1 is 1.28 bits per heavy atom. The summed E-state index contributed by atoms with van der Waals surface area (Å²) in [5, 5.41) is 8.96. The summed E-state index contributed by atoms with van der Waals surface area (Å²) in [6, 6.07) is 5.01. The number of hydrogen-bond donors (Lipinski definition) is 1. The van der Waals surface area contributed by atoms with E-state index in [9.17, 15) is 4.79 Å². The van der Waals surface area contributed by atoms with E-state index in [1.807, 2.05) is 10.6 Å². The van der Waals surface area contributed by atoms with Gasteiger partial charge >= 0.3 is 5.97 Å². The highest BCUT2D eigenvalue weighted by Crippen LogP contribution is 2.22. The molecule has 0 aromatic carbocycles. The molecule has 1 aliphatic carbocycles. The third-order valence-corrected chi connectivity index (χ3v) is 3.23. The second-order valence-corrected chi connectivity index (χ2v) is 4.40. The predicted octanol–water partition coefficient (Wildman–Crippen LogP) is 1.84. The minimum atomic E-state index is -1.01. The molecule has 1 aliphatic rings. The molecule has 2 aromatic rings. The molecule has 0 radical (unpaired) electrons. The van der Waals surface area contributed by atoms with E-state index in [4.69, 9.17) is 5.11 Å². The van der Waals surface area contributed by atoms with Crippen LogP contribution in [0.25, 0.3) is 5.82 Å². The molecule has 0 saturated carbocycles. The van der Waals surface area contributed by atoms with Crippen LogP contribution in [-0.2, 0) is 12.8 Å². The van der Waals surface area contributed by atoms with Crippen LogP contribution in [0.2, 0.25) is 0 Å². The number of fused-ring (bicyclic) bond motifs is 1. The fourth-order valence-corrected chi connectivity index (χ4v) is 2.34. The number of hydrogen-bond acceptors (Lipinski definition) is 3. The van der Waals surface area contributed by atoms with E-state index >= 15 is 0 Å². The third kappa shape index (κ3) is 1.77. The zero-order valence-corrected chi connectivity index (χ0v) is 9.83. The Hall–Kier alpha value is -2.17. The minimum Gasteiger partial charge on any atom is -0.477 e. The first kappa shape index (κ1) is 11.0. The standard InChI is InChI=1S/C13H13N3O2/c17-13(18)10-5-3-7-12(15-10)16-8-14-9-4-1-2-6-11(9)16/h3,5,7-8H,1-2,4,6H2,(H,17,18). The van der Waals surface area contributed by atoms with E-state index in [0.29, 0.717) is 5.82 Å². The largest absolute Gasteiger partial charge is 0.477 e. The highest BCUT2D eigenvalue weighted by Gasteiger charge is 2.17. The van der Waals surface area contributed by atoms with Gasteiger partial charge in [0.25, 0.3) is 0 Å². The van der Waals surface area contributed by atoms with E-state index < -0.39 is 5.97 Å². The third-order valence-electron chi connectivity index (χ3n) is 3.23. The molecule has 0 unspecified atom stereocenters. The molecule has 0 atom stereocenters. The average molecular weight is 243 g/mol. The Kier molecular flexibility index (Phi) is 2.59. The maximum absolute atomic E-state index is 10.9. The number of carboxylic acid groups (broad SMARTS) is 1. The normalized spacial score (nSPS) is 14.2. The van der Waals surface area contributed by atoms with Gasteiger partial charge in [-0.15, -0.1) is 0 Å². The average Bonchev–Trinajstić information content (AvgIpc) is 2.82. The molecule has 0 aliphatic heterocycles. The first-order chi connectivity index (χ1) is 8.75. The minimum absolute atomic E-state index is 0.0609. The lowest BCUT2D eigenvalue weighted by atomic mass is 10.0. The van der Waals surface area contributed by atoms with Gasteiger partial charge in [-0.25, -0.2) is 14.8 Å². The van der Waals surface area contributed by atoms with E-state index in [0.717, 1.165) is 30.7 Å². The van der Waals surface area contributed by atoms with Crippen LogP contribution < -0.4 is 0 Å². The van der Waals surface area contributed by atoms with Crippen LogP contribution in [-0.4, -0.2) is 25.6 Å². The quantitative estimate of drug-likeness (QED) is 0.873. The number of pyridine rings is 1. The van der Waals surface area contributed by atoms with Crippen molar-refractivity contribution in [2.75, 3.05) is 0 Å². The van der Waals surface area contributed by atoms with E-state index in [1.54, 1.807) is 12.4 Å². The van der Waals surface area contributed by atoms with Crippen molar-refractivity contribution in [2.45, 2.75) is 25.7 Å². The second kappa shape index (κ2) is 4.25. The summed E-state index contributed by atoms with van der Waals surface area (Å²) in [6.45, 7) is 0. The predicted molar refractivity (Wildman–Crippen MR) is 65.0 cm³/mol. The number of carbonyl (C=O) groups is 1. The molecule has 3 rings (SSSR count). The molecule has 2 aromatic heterocycles. The van der Waals surface area contributed by atoms with E-state index in [-0.39, 0.29) is 5.69 Å². The van der Waals surface area contributed by atoms with Crippen molar-refractivity contribution in [3.05, 3.63) is 41.6 Å². The van der Waals surface area contributed by atoms with Crippen molar-refractivity contribution in [3.8, 4) is 5.82 Å². The van der Waals surface area contributed by atoms with E-state index in [1.165, 1.54) is 12.5 Å². The first-order valence-corrected chi connectivity index (χ1v) is 6.01. The maximum atomic E-state index is 10.9. The first-order valence-electron chi connectivity index (χ1n) is 6.01. The van der Waals surface area contributed by atoms with Gasteiger partial charge in [0, 0.05) is 5.69 Å². The zero-order valence-electron chi connectivity index (χ0n) is 9.83. The summed E-state index contributed by atoms with van der Waals surface area (Å²) in [5.41, 5.74) is 2.34. The second-order valence-electron chi connectivity index (χ2n) is 4.40. The van der Waals surface area contributed by atoms with Crippen LogP contribution in [0, 0.1) is 0 Å². The smallest absolute Gasteiger partial charge is 0.354 e. The van der Waals surface area contributed by atoms with E-state index in [2.05, 4.69) is 9.97 Å². The summed E-state index contributed by atoms with van der Waals surface area (Å²) in [7, 11) is 0. The van der Waals surface area contributed by atoms with Crippen LogP contribution in [0.1, 0.15) is 34.7 Å². The summed E-state index contributed by atoms with van der Waals surface area (Å²) in [6.07, 6.45) is 6.04. The Morgan fingerprint density at radius 3 is 2.94 bits per heavy atom. The molecular weight excluding hydrogens is 230 g/mol. The molecular formula is C13H13N3O2. The summed E-state index contributed by atoms with van der Waals surface area (Å²) >= 11 is 0. The lowest BCUT2D eigenvalue weighted by Gasteiger charge is -2.13. The number of imidazole rings is 1. The molecule has 18 heavy (non-hydrogen) atoms. The van der Waals surface area contributed by atoms with Gasteiger partial charge < -0.3 is 5.11 Å². The van der Waals surface area contributed by atoms with Gasteiger partial charge in [0.15, 0.2) is 5.69 Å². The topological polar surface area (TPSA) is 68.0 Å². The number of aryl methyl sites for hydroxylation is 1. The van der Waals surface area contributed by atoms with Gasteiger partial charge in [-0.2, -0.15) is 0 Å². The number of aromatic nitrogens is 3. The molecule has 0 saturated heterocycles. The summed E-state index contributed by atoms with van der Waals surface area (Å²) in [4.78, 5) is 19.5. The number of carboxylic acids is 1. The van der Waals surface area contributed by atoms with Crippen LogP contribution in [0.3, 0.4) is 0 Å². The van der Waals surface area contributed by atoms with Crippen molar-refractivity contribution in [3.63, 3.8) is 0 Å². The molecule has 0 amide bonds. The monoisotopic (exact) mass is 243 g/mol. The molecule has 5 nitrogen and oxygen atoms in total. The highest BCUT2D eigenvalue weighted by molar-refractivity contribution is 5.85. The van der Waals surface area contributed by atoms with Gasteiger partial charge in [0.2, 0.25) is 0 Å². The van der Waals surface area contributed by atoms with Gasteiger partial charge in [-0.1, -0.05) is 6.07 Å². The van der Waals surface area contributed by atoms with Crippen molar-refractivity contribution >= 4 is 5.97 Å². The number of rotatable bonds is 2. The number of nitrogens with zero attached hydrogens (tertiary/aromatic N) is 3. The molecule has 0 bridgehead atoms. The Bertz CT molecular complexity index is 604. The van der Waals surface area contributed by atoms with Gasteiger partial charge in [-0.05, 0) is 37.8 Å².